The van der Waals surface area contributed by atoms with Crippen LogP contribution in [0.1, 0.15) is 57.3 Å². The molecule has 1 atom stereocenters. The van der Waals surface area contributed by atoms with Crippen molar-refractivity contribution in [2.45, 2.75) is 52.5 Å². The molecule has 1 unspecified atom stereocenters. The van der Waals surface area contributed by atoms with E-state index in [-0.39, 0.29) is 17.0 Å². The van der Waals surface area contributed by atoms with E-state index < -0.39 is 6.03 Å². The standard InChI is InChI=1S/C28H36N6O4/c1-18(2)34-13-12-19(16-34)17-37-22-10-11-23(29-15-22)26(35)30-20-6-8-21(9-7-20)31-27(36)32-25-14-24(38-33-25)28(3,4)5/h6-11,14-15,18-19H,12-13,16-17H2,1-5H3,(H,30,35)(H2,31,32,33,36). The van der Waals surface area contributed by atoms with E-state index in [1.807, 2.05) is 20.8 Å². The Kier molecular flexibility index (Phi) is 8.31. The summed E-state index contributed by atoms with van der Waals surface area (Å²) in [5.41, 5.74) is 1.21. The van der Waals surface area contributed by atoms with Gasteiger partial charge in [0.2, 0.25) is 0 Å². The third-order valence-corrected chi connectivity index (χ3v) is 6.39. The van der Waals surface area contributed by atoms with E-state index in [1.165, 1.54) is 0 Å². The molecule has 1 saturated heterocycles. The number of benzene rings is 1. The number of nitrogens with one attached hydrogen (secondary N) is 3. The quantitative estimate of drug-likeness (QED) is 0.365. The fraction of sp³-hybridized carbons (Fsp3) is 0.429. The number of hydrogen-bond donors (Lipinski definition) is 3. The van der Waals surface area contributed by atoms with Crippen LogP contribution in [0.5, 0.6) is 5.75 Å². The van der Waals surface area contributed by atoms with Gasteiger partial charge in [0.15, 0.2) is 5.82 Å². The van der Waals surface area contributed by atoms with Gasteiger partial charge in [-0.25, -0.2) is 9.78 Å². The molecule has 1 aliphatic heterocycles. The zero-order chi connectivity index (χ0) is 27.3. The summed E-state index contributed by atoms with van der Waals surface area (Å²) in [6, 6.07) is 12.0. The number of nitrogens with zero attached hydrogens (tertiary/aromatic N) is 3. The minimum Gasteiger partial charge on any atom is -0.492 e. The van der Waals surface area contributed by atoms with Crippen molar-refractivity contribution < 1.29 is 18.8 Å². The highest BCUT2D eigenvalue weighted by Gasteiger charge is 2.24. The van der Waals surface area contributed by atoms with Crippen molar-refractivity contribution >= 4 is 29.1 Å². The van der Waals surface area contributed by atoms with Crippen molar-refractivity contribution in [1.82, 2.24) is 15.0 Å². The van der Waals surface area contributed by atoms with Crippen LogP contribution >= 0.6 is 0 Å². The zero-order valence-electron chi connectivity index (χ0n) is 22.6. The number of amides is 3. The largest absolute Gasteiger partial charge is 0.492 e. The number of pyridine rings is 1. The first kappa shape index (κ1) is 27.1. The molecular weight excluding hydrogens is 484 g/mol. The molecule has 2 aromatic heterocycles. The summed E-state index contributed by atoms with van der Waals surface area (Å²) in [7, 11) is 0. The van der Waals surface area contributed by atoms with Crippen LogP contribution in [0.2, 0.25) is 0 Å². The molecule has 10 heteroatoms. The molecule has 3 N–H and O–H groups in total. The Labute approximate surface area is 223 Å². The average molecular weight is 521 g/mol. The first-order valence-electron chi connectivity index (χ1n) is 12.9. The lowest BCUT2D eigenvalue weighted by Crippen LogP contribution is -2.29. The van der Waals surface area contributed by atoms with Crippen LogP contribution in [0.3, 0.4) is 0 Å². The van der Waals surface area contributed by atoms with Gasteiger partial charge in [-0.2, -0.15) is 0 Å². The highest BCUT2D eigenvalue weighted by Crippen LogP contribution is 2.25. The Balaban J connectivity index is 1.23. The van der Waals surface area contributed by atoms with E-state index in [0.717, 1.165) is 19.5 Å². The number of anilines is 3. The van der Waals surface area contributed by atoms with E-state index in [4.69, 9.17) is 9.26 Å². The zero-order valence-corrected chi connectivity index (χ0v) is 22.6. The van der Waals surface area contributed by atoms with Crippen molar-refractivity contribution in [2.24, 2.45) is 5.92 Å². The smallest absolute Gasteiger partial charge is 0.324 e. The van der Waals surface area contributed by atoms with Gasteiger partial charge in [0.1, 0.15) is 17.2 Å². The van der Waals surface area contributed by atoms with E-state index in [2.05, 4.69) is 44.8 Å². The Hall–Kier alpha value is -3.92. The third kappa shape index (κ3) is 7.32. The third-order valence-electron chi connectivity index (χ3n) is 6.39. The van der Waals surface area contributed by atoms with Crippen LogP contribution in [0, 0.1) is 5.92 Å². The summed E-state index contributed by atoms with van der Waals surface area (Å²) < 4.78 is 11.2. The summed E-state index contributed by atoms with van der Waals surface area (Å²) in [5, 5.41) is 12.0. The molecule has 4 rings (SSSR count). The van der Waals surface area contributed by atoms with Crippen molar-refractivity contribution in [1.29, 1.82) is 0 Å². The van der Waals surface area contributed by atoms with Crippen LogP contribution in [-0.4, -0.2) is 52.7 Å². The lowest BCUT2D eigenvalue weighted by Gasteiger charge is -2.20. The Morgan fingerprint density at radius 2 is 1.79 bits per heavy atom. The highest BCUT2D eigenvalue weighted by atomic mass is 16.5. The number of carbonyl (C=O) groups excluding carboxylic acids is 2. The Morgan fingerprint density at radius 3 is 2.37 bits per heavy atom. The van der Waals surface area contributed by atoms with Crippen LogP contribution in [0.4, 0.5) is 22.0 Å². The summed E-state index contributed by atoms with van der Waals surface area (Å²) in [6.45, 7) is 13.2. The van der Waals surface area contributed by atoms with Gasteiger partial charge >= 0.3 is 6.03 Å². The molecule has 0 bridgehead atoms. The summed E-state index contributed by atoms with van der Waals surface area (Å²) >= 11 is 0. The second-order valence-electron chi connectivity index (χ2n) is 10.9. The molecule has 38 heavy (non-hydrogen) atoms. The van der Waals surface area contributed by atoms with Gasteiger partial charge in [0.05, 0.1) is 12.8 Å². The van der Waals surface area contributed by atoms with Gasteiger partial charge in [-0.15, -0.1) is 0 Å². The van der Waals surface area contributed by atoms with Crippen LogP contribution in [0.15, 0.2) is 53.2 Å². The second kappa shape index (κ2) is 11.6. The first-order chi connectivity index (χ1) is 18.1. The molecule has 0 spiro atoms. The molecule has 3 aromatic rings. The Morgan fingerprint density at radius 1 is 1.08 bits per heavy atom. The predicted molar refractivity (Wildman–Crippen MR) is 147 cm³/mol. The van der Waals surface area contributed by atoms with Gasteiger partial charge in [0.25, 0.3) is 5.91 Å². The topological polar surface area (TPSA) is 122 Å². The first-order valence-corrected chi connectivity index (χ1v) is 12.9. The number of aromatic nitrogens is 2. The minimum atomic E-state index is -0.452. The summed E-state index contributed by atoms with van der Waals surface area (Å²) in [5.74, 6) is 1.83. The number of urea groups is 1. The van der Waals surface area contributed by atoms with Crippen LogP contribution < -0.4 is 20.7 Å². The number of rotatable bonds is 8. The average Bonchev–Trinajstić information content (AvgIpc) is 3.54. The summed E-state index contributed by atoms with van der Waals surface area (Å²) in [6.07, 6.45) is 2.71. The molecule has 10 nitrogen and oxygen atoms in total. The lowest BCUT2D eigenvalue weighted by molar-refractivity contribution is 0.102. The molecule has 202 valence electrons. The number of carbonyl (C=O) groups is 2. The molecule has 1 fully saturated rings. The van der Waals surface area contributed by atoms with Gasteiger partial charge < -0.3 is 24.8 Å². The highest BCUT2D eigenvalue weighted by molar-refractivity contribution is 6.03. The van der Waals surface area contributed by atoms with Gasteiger partial charge in [-0.3, -0.25) is 10.1 Å². The SMILES string of the molecule is CC(C)N1CCC(COc2ccc(C(=O)Nc3ccc(NC(=O)Nc4cc(C(C)(C)C)on4)cc3)nc2)C1. The van der Waals surface area contributed by atoms with Crippen molar-refractivity contribution in [2.75, 3.05) is 35.6 Å². The maximum atomic E-state index is 12.6. The number of likely N-dealkylation sites (tertiary alicyclic amines) is 1. The second-order valence-corrected chi connectivity index (χ2v) is 10.9. The molecule has 1 aliphatic rings. The Bertz CT molecular complexity index is 1230. The molecule has 3 heterocycles. The maximum Gasteiger partial charge on any atom is 0.324 e. The van der Waals surface area contributed by atoms with E-state index >= 15 is 0 Å². The van der Waals surface area contributed by atoms with Gasteiger partial charge in [0, 0.05) is 41.4 Å². The van der Waals surface area contributed by atoms with Crippen LogP contribution in [-0.2, 0) is 5.41 Å². The molecular formula is C28H36N6O4. The fourth-order valence-corrected chi connectivity index (χ4v) is 4.08. The molecule has 1 aromatic carbocycles. The number of hydrogen-bond acceptors (Lipinski definition) is 7. The maximum absolute atomic E-state index is 12.6. The molecule has 3 amide bonds. The van der Waals surface area contributed by atoms with E-state index in [1.54, 1.807) is 48.7 Å². The number of ether oxygens (including phenoxy) is 1. The van der Waals surface area contributed by atoms with E-state index in [0.29, 0.717) is 47.3 Å². The lowest BCUT2D eigenvalue weighted by atomic mass is 9.93. The van der Waals surface area contributed by atoms with Crippen molar-refractivity contribution in [3.8, 4) is 5.75 Å². The molecule has 0 saturated carbocycles. The molecule has 0 aliphatic carbocycles. The predicted octanol–water partition coefficient (Wildman–Crippen LogP) is 5.37. The monoisotopic (exact) mass is 520 g/mol. The minimum absolute atomic E-state index is 0.208. The van der Waals surface area contributed by atoms with E-state index in [9.17, 15) is 9.59 Å². The van der Waals surface area contributed by atoms with Crippen LogP contribution in [0.25, 0.3) is 0 Å². The fourth-order valence-electron chi connectivity index (χ4n) is 4.08. The molecule has 0 radical (unpaired) electrons. The summed E-state index contributed by atoms with van der Waals surface area (Å²) in [4.78, 5) is 31.6. The normalized spacial score (nSPS) is 15.9. The van der Waals surface area contributed by atoms with Crippen molar-refractivity contribution in [3.05, 3.63) is 60.1 Å². The van der Waals surface area contributed by atoms with Gasteiger partial charge in [-0.1, -0.05) is 25.9 Å². The van der Waals surface area contributed by atoms with Gasteiger partial charge in [-0.05, 0) is 63.2 Å². The van der Waals surface area contributed by atoms with Crippen molar-refractivity contribution in [3.63, 3.8) is 0 Å².